The van der Waals surface area contributed by atoms with Gasteiger partial charge in [0.1, 0.15) is 0 Å². The fourth-order valence-corrected chi connectivity index (χ4v) is 3.09. The molecule has 0 radical (unpaired) electrons. The molecule has 1 aromatic carbocycles. The molecule has 3 rings (SSSR count). The molecule has 1 amide bonds. The van der Waals surface area contributed by atoms with Gasteiger partial charge in [-0.1, -0.05) is 24.6 Å². The van der Waals surface area contributed by atoms with Crippen LogP contribution in [-0.4, -0.2) is 30.0 Å². The molecule has 3 N–H and O–H groups in total. The van der Waals surface area contributed by atoms with Gasteiger partial charge in [0.25, 0.3) is 0 Å². The third kappa shape index (κ3) is 3.10. The van der Waals surface area contributed by atoms with Crippen LogP contribution in [-0.2, 0) is 11.2 Å². The van der Waals surface area contributed by atoms with Gasteiger partial charge in [0, 0.05) is 23.6 Å². The van der Waals surface area contributed by atoms with E-state index < -0.39 is 0 Å². The zero-order chi connectivity index (χ0) is 14.7. The first-order valence-electron chi connectivity index (χ1n) is 7.82. The topological polar surface area (TPSA) is 56.9 Å². The number of carbonyl (C=O) groups is 1. The van der Waals surface area contributed by atoms with Crippen LogP contribution in [0.2, 0.25) is 0 Å². The molecule has 1 fully saturated rings. The Morgan fingerprint density at radius 1 is 1.38 bits per heavy atom. The number of carbonyl (C=O) groups excluding carboxylic acids is 1. The number of piperidine rings is 1. The van der Waals surface area contributed by atoms with Crippen molar-refractivity contribution in [2.24, 2.45) is 0 Å². The van der Waals surface area contributed by atoms with Gasteiger partial charge >= 0.3 is 0 Å². The van der Waals surface area contributed by atoms with E-state index in [0.29, 0.717) is 6.54 Å². The quantitative estimate of drug-likeness (QED) is 0.807. The van der Waals surface area contributed by atoms with Gasteiger partial charge in [0.05, 0.1) is 6.04 Å². The van der Waals surface area contributed by atoms with Crippen molar-refractivity contribution in [1.82, 2.24) is 15.6 Å². The van der Waals surface area contributed by atoms with Gasteiger partial charge in [0.15, 0.2) is 0 Å². The molecule has 1 aliphatic rings. The SMILES string of the molecule is Cc1cccc2c(CCNC(=O)C3CCCCN3)c[nH]c12. The van der Waals surface area contributed by atoms with E-state index in [4.69, 9.17) is 0 Å². The van der Waals surface area contributed by atoms with E-state index in [1.54, 1.807) is 0 Å². The largest absolute Gasteiger partial charge is 0.361 e. The summed E-state index contributed by atoms with van der Waals surface area (Å²) < 4.78 is 0. The van der Waals surface area contributed by atoms with E-state index in [9.17, 15) is 4.79 Å². The number of benzene rings is 1. The minimum atomic E-state index is 0.00367. The highest BCUT2D eigenvalue weighted by Crippen LogP contribution is 2.21. The van der Waals surface area contributed by atoms with Gasteiger partial charge in [-0.05, 0) is 43.9 Å². The molecule has 0 aliphatic carbocycles. The number of nitrogens with one attached hydrogen (secondary N) is 3. The van der Waals surface area contributed by atoms with Crippen LogP contribution in [0.15, 0.2) is 24.4 Å². The van der Waals surface area contributed by atoms with E-state index >= 15 is 0 Å². The molecule has 0 spiro atoms. The smallest absolute Gasteiger partial charge is 0.237 e. The number of hydrogen-bond donors (Lipinski definition) is 3. The molecule has 1 aromatic heterocycles. The minimum absolute atomic E-state index is 0.00367. The summed E-state index contributed by atoms with van der Waals surface area (Å²) in [6.07, 6.45) is 6.20. The average Bonchev–Trinajstić information content (AvgIpc) is 2.93. The molecule has 2 heterocycles. The summed E-state index contributed by atoms with van der Waals surface area (Å²) in [6, 6.07) is 6.33. The highest BCUT2D eigenvalue weighted by Gasteiger charge is 2.19. The number of amides is 1. The summed E-state index contributed by atoms with van der Waals surface area (Å²) in [7, 11) is 0. The number of para-hydroxylation sites is 1. The second-order valence-electron chi connectivity index (χ2n) is 5.85. The van der Waals surface area contributed by atoms with Crippen LogP contribution in [0.25, 0.3) is 10.9 Å². The number of aromatic nitrogens is 1. The Labute approximate surface area is 125 Å². The van der Waals surface area contributed by atoms with Crippen molar-refractivity contribution in [3.8, 4) is 0 Å². The zero-order valence-electron chi connectivity index (χ0n) is 12.5. The van der Waals surface area contributed by atoms with Gasteiger partial charge in [-0.3, -0.25) is 4.79 Å². The monoisotopic (exact) mass is 285 g/mol. The van der Waals surface area contributed by atoms with Gasteiger partial charge in [-0.15, -0.1) is 0 Å². The molecular formula is C17H23N3O. The van der Waals surface area contributed by atoms with Crippen LogP contribution >= 0.6 is 0 Å². The van der Waals surface area contributed by atoms with Crippen molar-refractivity contribution in [1.29, 1.82) is 0 Å². The van der Waals surface area contributed by atoms with E-state index in [1.807, 2.05) is 0 Å². The maximum atomic E-state index is 12.1. The normalized spacial score (nSPS) is 18.8. The molecule has 2 aromatic rings. The molecule has 0 bridgehead atoms. The van der Waals surface area contributed by atoms with Gasteiger partial charge in [0.2, 0.25) is 5.91 Å². The number of hydrogen-bond acceptors (Lipinski definition) is 2. The maximum Gasteiger partial charge on any atom is 0.237 e. The number of fused-ring (bicyclic) bond motifs is 1. The van der Waals surface area contributed by atoms with Crippen molar-refractivity contribution < 1.29 is 4.79 Å². The molecule has 1 aliphatic heterocycles. The van der Waals surface area contributed by atoms with Gasteiger partial charge in [-0.2, -0.15) is 0 Å². The number of aryl methyl sites for hydroxylation is 1. The van der Waals surface area contributed by atoms with Crippen LogP contribution in [0, 0.1) is 6.92 Å². The number of rotatable bonds is 4. The Hall–Kier alpha value is -1.81. The summed E-state index contributed by atoms with van der Waals surface area (Å²) in [6.45, 7) is 3.76. The first-order valence-corrected chi connectivity index (χ1v) is 7.82. The molecule has 21 heavy (non-hydrogen) atoms. The second kappa shape index (κ2) is 6.31. The second-order valence-corrected chi connectivity index (χ2v) is 5.85. The highest BCUT2D eigenvalue weighted by molar-refractivity contribution is 5.86. The van der Waals surface area contributed by atoms with E-state index in [-0.39, 0.29) is 11.9 Å². The summed E-state index contributed by atoms with van der Waals surface area (Å²) in [4.78, 5) is 15.4. The van der Waals surface area contributed by atoms with Crippen LogP contribution < -0.4 is 10.6 Å². The van der Waals surface area contributed by atoms with Crippen LogP contribution in [0.5, 0.6) is 0 Å². The number of aromatic amines is 1. The van der Waals surface area contributed by atoms with Gasteiger partial charge in [-0.25, -0.2) is 0 Å². The summed E-state index contributed by atoms with van der Waals surface area (Å²) in [5.74, 6) is 0.144. The Kier molecular flexibility index (Phi) is 4.25. The third-order valence-corrected chi connectivity index (χ3v) is 4.33. The van der Waals surface area contributed by atoms with Gasteiger partial charge < -0.3 is 15.6 Å². The standard InChI is InChI=1S/C17H23N3O/c1-12-5-4-6-14-13(11-20-16(12)14)8-10-19-17(21)15-7-2-3-9-18-15/h4-6,11,15,18,20H,2-3,7-10H2,1H3,(H,19,21). The molecule has 0 saturated carbocycles. The lowest BCUT2D eigenvalue weighted by Crippen LogP contribution is -2.47. The molecule has 1 unspecified atom stereocenters. The molecule has 112 valence electrons. The third-order valence-electron chi connectivity index (χ3n) is 4.33. The molecule has 1 atom stereocenters. The summed E-state index contributed by atoms with van der Waals surface area (Å²) >= 11 is 0. The highest BCUT2D eigenvalue weighted by atomic mass is 16.2. The van der Waals surface area contributed by atoms with Crippen LogP contribution in [0.1, 0.15) is 30.4 Å². The zero-order valence-corrected chi connectivity index (χ0v) is 12.5. The van der Waals surface area contributed by atoms with E-state index in [1.165, 1.54) is 28.5 Å². The Bertz CT molecular complexity index is 626. The van der Waals surface area contributed by atoms with Crippen molar-refractivity contribution >= 4 is 16.8 Å². The van der Waals surface area contributed by atoms with E-state index in [2.05, 4.69) is 46.9 Å². The number of H-pyrrole nitrogens is 1. The maximum absolute atomic E-state index is 12.1. The van der Waals surface area contributed by atoms with E-state index in [0.717, 1.165) is 25.8 Å². The fraction of sp³-hybridized carbons (Fsp3) is 0.471. The lowest BCUT2D eigenvalue weighted by Gasteiger charge is -2.22. The predicted molar refractivity (Wildman–Crippen MR) is 85.4 cm³/mol. The molecule has 1 saturated heterocycles. The fourth-order valence-electron chi connectivity index (χ4n) is 3.09. The summed E-state index contributed by atoms with van der Waals surface area (Å²) in [5.41, 5.74) is 3.73. The molecule has 4 heteroatoms. The predicted octanol–water partition coefficient (Wildman–Crippen LogP) is 2.28. The Morgan fingerprint density at radius 2 is 2.29 bits per heavy atom. The molecular weight excluding hydrogens is 262 g/mol. The minimum Gasteiger partial charge on any atom is -0.361 e. The van der Waals surface area contributed by atoms with Crippen LogP contribution in [0.4, 0.5) is 0 Å². The summed E-state index contributed by atoms with van der Waals surface area (Å²) in [5, 5.41) is 7.60. The van der Waals surface area contributed by atoms with Crippen LogP contribution in [0.3, 0.4) is 0 Å². The first kappa shape index (κ1) is 14.1. The van der Waals surface area contributed by atoms with Crippen molar-refractivity contribution in [2.45, 2.75) is 38.6 Å². The average molecular weight is 285 g/mol. The first-order chi connectivity index (χ1) is 10.3. The molecule has 4 nitrogen and oxygen atoms in total. The van der Waals surface area contributed by atoms with Crippen molar-refractivity contribution in [2.75, 3.05) is 13.1 Å². The Balaban J connectivity index is 1.57. The van der Waals surface area contributed by atoms with Crippen molar-refractivity contribution in [3.05, 3.63) is 35.5 Å². The van der Waals surface area contributed by atoms with Crippen molar-refractivity contribution in [3.63, 3.8) is 0 Å². The lowest BCUT2D eigenvalue weighted by atomic mass is 10.0. The lowest BCUT2D eigenvalue weighted by molar-refractivity contribution is -0.123. The Morgan fingerprint density at radius 3 is 3.10 bits per heavy atom.